The fraction of sp³-hybridized carbons (Fsp3) is 0.429. The first-order valence-electron chi connectivity index (χ1n) is 9.73. The number of thioether (sulfide) groups is 1. The van der Waals surface area contributed by atoms with E-state index in [1.807, 2.05) is 13.8 Å². The van der Waals surface area contributed by atoms with Crippen LogP contribution in [0.5, 0.6) is 11.5 Å². The minimum Gasteiger partial charge on any atom is -0.493 e. The van der Waals surface area contributed by atoms with Gasteiger partial charge < -0.3 is 18.9 Å². The molecule has 1 fully saturated rings. The number of amides is 2. The summed E-state index contributed by atoms with van der Waals surface area (Å²) in [6.45, 7) is 5.18. The van der Waals surface area contributed by atoms with Crippen LogP contribution in [0, 0.1) is 5.92 Å². The van der Waals surface area contributed by atoms with Gasteiger partial charge in [-0.15, -0.1) is 0 Å². The number of imide groups is 1. The number of methoxy groups -OCH3 is 1. The van der Waals surface area contributed by atoms with E-state index >= 15 is 0 Å². The summed E-state index contributed by atoms with van der Waals surface area (Å²) >= 11 is 4.09. The summed E-state index contributed by atoms with van der Waals surface area (Å²) in [7, 11) is 1.43. The molecule has 0 N–H and O–H groups in total. The first-order valence-corrected chi connectivity index (χ1v) is 11.3. The van der Waals surface area contributed by atoms with Crippen LogP contribution in [0.2, 0.25) is 0 Å². The molecule has 1 aliphatic heterocycles. The third kappa shape index (κ3) is 6.99. The number of hydrogen-bond donors (Lipinski definition) is 0. The Balaban J connectivity index is 2.16. The molecule has 2 amide bonds. The number of benzene rings is 1. The summed E-state index contributed by atoms with van der Waals surface area (Å²) in [5.41, 5.74) is 0.546. The molecule has 1 aliphatic rings. The van der Waals surface area contributed by atoms with Gasteiger partial charge in [-0.05, 0) is 64.3 Å². The van der Waals surface area contributed by atoms with E-state index in [2.05, 4.69) is 15.9 Å². The van der Waals surface area contributed by atoms with Crippen molar-refractivity contribution < 1.29 is 38.1 Å². The Morgan fingerprint density at radius 3 is 2.53 bits per heavy atom. The lowest BCUT2D eigenvalue weighted by atomic mass is 10.2. The Kier molecular flexibility index (Phi) is 9.58. The summed E-state index contributed by atoms with van der Waals surface area (Å²) in [5, 5.41) is -0.553. The van der Waals surface area contributed by atoms with Gasteiger partial charge in [-0.25, -0.2) is 4.79 Å². The van der Waals surface area contributed by atoms with Crippen molar-refractivity contribution in [2.24, 2.45) is 5.92 Å². The lowest BCUT2D eigenvalue weighted by molar-refractivity contribution is -0.147. The molecule has 1 heterocycles. The van der Waals surface area contributed by atoms with Crippen LogP contribution in [0.4, 0.5) is 4.79 Å². The molecule has 0 radical (unpaired) electrons. The molecule has 174 valence electrons. The van der Waals surface area contributed by atoms with Gasteiger partial charge in [-0.1, -0.05) is 13.8 Å². The molecule has 0 atom stereocenters. The van der Waals surface area contributed by atoms with Gasteiger partial charge in [0.25, 0.3) is 11.1 Å². The molecule has 1 aromatic carbocycles. The van der Waals surface area contributed by atoms with Crippen LogP contribution in [-0.4, -0.2) is 61.5 Å². The normalized spacial score (nSPS) is 14.8. The Morgan fingerprint density at radius 1 is 1.19 bits per heavy atom. The molecule has 0 spiro atoms. The average Bonchev–Trinajstić information content (AvgIpc) is 2.98. The standard InChI is InChI=1S/C21H24BrNO8S/c1-5-29-18(25)11-31-19-14(22)6-13(7-15(19)28-4)8-16-20(26)23(21(27)32-16)9-17(24)30-10-12(2)3/h6-8,12H,5,9-11H2,1-4H3/b16-8-. The second kappa shape index (κ2) is 11.9. The van der Waals surface area contributed by atoms with Crippen molar-refractivity contribution in [3.05, 3.63) is 27.1 Å². The summed E-state index contributed by atoms with van der Waals surface area (Å²) in [6, 6.07) is 3.24. The third-order valence-corrected chi connectivity index (χ3v) is 5.42. The molecule has 0 aliphatic carbocycles. The highest BCUT2D eigenvalue weighted by Gasteiger charge is 2.36. The lowest BCUT2D eigenvalue weighted by Crippen LogP contribution is -2.34. The van der Waals surface area contributed by atoms with E-state index < -0.39 is 29.6 Å². The van der Waals surface area contributed by atoms with Crippen LogP contribution in [0.25, 0.3) is 6.08 Å². The molecule has 1 saturated heterocycles. The van der Waals surface area contributed by atoms with Gasteiger partial charge in [0, 0.05) is 0 Å². The predicted molar refractivity (Wildman–Crippen MR) is 121 cm³/mol. The van der Waals surface area contributed by atoms with Crippen molar-refractivity contribution in [1.29, 1.82) is 0 Å². The van der Waals surface area contributed by atoms with Crippen molar-refractivity contribution in [1.82, 2.24) is 4.90 Å². The molecular weight excluding hydrogens is 506 g/mol. The van der Waals surface area contributed by atoms with Gasteiger partial charge in [-0.2, -0.15) is 0 Å². The number of carbonyl (C=O) groups excluding carboxylic acids is 4. The first-order chi connectivity index (χ1) is 15.2. The smallest absolute Gasteiger partial charge is 0.344 e. The highest BCUT2D eigenvalue weighted by molar-refractivity contribution is 9.10. The van der Waals surface area contributed by atoms with Crippen LogP contribution < -0.4 is 9.47 Å². The molecule has 9 nitrogen and oxygen atoms in total. The van der Waals surface area contributed by atoms with Crippen LogP contribution in [0.3, 0.4) is 0 Å². The highest BCUT2D eigenvalue weighted by Crippen LogP contribution is 2.39. The number of carbonyl (C=O) groups is 4. The van der Waals surface area contributed by atoms with Crippen molar-refractivity contribution >= 4 is 56.9 Å². The van der Waals surface area contributed by atoms with E-state index in [9.17, 15) is 19.2 Å². The SMILES string of the molecule is CCOC(=O)COc1c(Br)cc(/C=C2\SC(=O)N(CC(=O)OCC(C)C)C2=O)cc1OC. The second-order valence-corrected chi connectivity index (χ2v) is 8.82. The molecule has 2 rings (SSSR count). The van der Waals surface area contributed by atoms with E-state index in [1.165, 1.54) is 13.2 Å². The zero-order chi connectivity index (χ0) is 23.8. The molecular formula is C21H24BrNO8S. The predicted octanol–water partition coefficient (Wildman–Crippen LogP) is 3.64. The van der Waals surface area contributed by atoms with E-state index in [-0.39, 0.29) is 30.6 Å². The molecule has 0 bridgehead atoms. The van der Waals surface area contributed by atoms with Gasteiger partial charge in [0.2, 0.25) is 0 Å². The van der Waals surface area contributed by atoms with Gasteiger partial charge in [0.15, 0.2) is 18.1 Å². The number of rotatable bonds is 10. The Morgan fingerprint density at radius 2 is 1.91 bits per heavy atom. The summed E-state index contributed by atoms with van der Waals surface area (Å²) < 4.78 is 21.2. The molecule has 1 aromatic rings. The topological polar surface area (TPSA) is 108 Å². The summed E-state index contributed by atoms with van der Waals surface area (Å²) in [6.07, 6.45) is 1.51. The Bertz CT molecular complexity index is 931. The molecule has 0 saturated carbocycles. The Hall–Kier alpha value is -2.53. The van der Waals surface area contributed by atoms with E-state index in [4.69, 9.17) is 18.9 Å². The van der Waals surface area contributed by atoms with Crippen LogP contribution in [0.1, 0.15) is 26.3 Å². The number of halogens is 1. The fourth-order valence-corrected chi connectivity index (χ4v) is 3.93. The maximum atomic E-state index is 12.6. The number of ether oxygens (including phenoxy) is 4. The first kappa shape index (κ1) is 25.7. The number of nitrogens with zero attached hydrogens (tertiary/aromatic N) is 1. The minimum atomic E-state index is -0.644. The van der Waals surface area contributed by atoms with Gasteiger partial charge >= 0.3 is 11.9 Å². The van der Waals surface area contributed by atoms with Crippen LogP contribution in [0.15, 0.2) is 21.5 Å². The van der Waals surface area contributed by atoms with Crippen molar-refractivity contribution in [3.63, 3.8) is 0 Å². The minimum absolute atomic E-state index is 0.145. The highest BCUT2D eigenvalue weighted by atomic mass is 79.9. The quantitative estimate of drug-likeness (QED) is 0.331. The van der Waals surface area contributed by atoms with E-state index in [0.717, 1.165) is 16.7 Å². The average molecular weight is 530 g/mol. The van der Waals surface area contributed by atoms with Crippen LogP contribution >= 0.6 is 27.7 Å². The largest absolute Gasteiger partial charge is 0.493 e. The van der Waals surface area contributed by atoms with Crippen molar-refractivity contribution in [2.75, 3.05) is 33.5 Å². The zero-order valence-corrected chi connectivity index (χ0v) is 20.5. The fourth-order valence-electron chi connectivity index (χ4n) is 2.52. The number of hydrogen-bond acceptors (Lipinski definition) is 9. The van der Waals surface area contributed by atoms with Gasteiger partial charge in [0.05, 0.1) is 29.7 Å². The van der Waals surface area contributed by atoms with Crippen molar-refractivity contribution in [3.8, 4) is 11.5 Å². The monoisotopic (exact) mass is 529 g/mol. The van der Waals surface area contributed by atoms with Gasteiger partial charge in [0.1, 0.15) is 6.54 Å². The maximum absolute atomic E-state index is 12.6. The molecule has 0 unspecified atom stereocenters. The summed E-state index contributed by atoms with van der Waals surface area (Å²) in [5.74, 6) is -1.00. The van der Waals surface area contributed by atoms with Gasteiger partial charge in [-0.3, -0.25) is 19.3 Å². The zero-order valence-electron chi connectivity index (χ0n) is 18.1. The number of esters is 2. The third-order valence-electron chi connectivity index (χ3n) is 3.93. The Labute approximate surface area is 198 Å². The van der Waals surface area contributed by atoms with Crippen molar-refractivity contribution in [2.45, 2.75) is 20.8 Å². The molecule has 32 heavy (non-hydrogen) atoms. The van der Waals surface area contributed by atoms with E-state index in [1.54, 1.807) is 19.1 Å². The molecule has 0 aromatic heterocycles. The van der Waals surface area contributed by atoms with Crippen LogP contribution in [-0.2, 0) is 23.9 Å². The lowest BCUT2D eigenvalue weighted by Gasteiger charge is -2.13. The summed E-state index contributed by atoms with van der Waals surface area (Å²) in [4.78, 5) is 49.3. The maximum Gasteiger partial charge on any atom is 0.344 e. The second-order valence-electron chi connectivity index (χ2n) is 6.97. The van der Waals surface area contributed by atoms with E-state index in [0.29, 0.717) is 21.5 Å². The molecule has 11 heteroatoms.